The van der Waals surface area contributed by atoms with E-state index in [1.165, 1.54) is 19.3 Å². The van der Waals surface area contributed by atoms with Crippen LogP contribution in [0, 0.1) is 35.5 Å². The molecular formula is C60H75AsN6O9. The molecule has 9 fully saturated rings. The molecule has 9 aliphatic heterocycles. The number of ether oxygens (including phenoxy) is 3. The van der Waals surface area contributed by atoms with E-state index in [9.17, 15) is 15.3 Å². The molecule has 404 valence electrons. The Morgan fingerprint density at radius 2 is 0.763 bits per heavy atom. The second-order valence-electron chi connectivity index (χ2n) is 21.2. The van der Waals surface area contributed by atoms with Crippen molar-refractivity contribution in [1.82, 2.24) is 29.7 Å². The van der Waals surface area contributed by atoms with Gasteiger partial charge in [0.15, 0.2) is 0 Å². The average Bonchev–Trinajstić information content (AvgIpc) is 3.48. The number of fused-ring (bicyclic) bond motifs is 12. The van der Waals surface area contributed by atoms with E-state index in [-0.39, 0.29) is 18.1 Å². The summed E-state index contributed by atoms with van der Waals surface area (Å²) in [6, 6.07) is 23.9. The van der Waals surface area contributed by atoms with Crippen molar-refractivity contribution in [3.63, 3.8) is 0 Å². The van der Waals surface area contributed by atoms with Gasteiger partial charge in [-0.15, -0.1) is 19.7 Å². The molecule has 76 heavy (non-hydrogen) atoms. The average molecular weight is 1100 g/mol. The van der Waals surface area contributed by atoms with Crippen LogP contribution in [-0.2, 0) is 0 Å². The quantitative estimate of drug-likeness (QED) is 0.0521. The van der Waals surface area contributed by atoms with Gasteiger partial charge in [0.05, 0.1) is 56.2 Å². The van der Waals surface area contributed by atoms with Gasteiger partial charge in [-0.2, -0.15) is 0 Å². The maximum atomic E-state index is 11.2. The summed E-state index contributed by atoms with van der Waals surface area (Å²) in [4.78, 5) is 20.6. The third-order valence-electron chi connectivity index (χ3n) is 17.5. The van der Waals surface area contributed by atoms with Gasteiger partial charge in [-0.25, -0.2) is 0 Å². The van der Waals surface area contributed by atoms with Crippen LogP contribution < -0.4 is 14.2 Å². The van der Waals surface area contributed by atoms with Gasteiger partial charge in [-0.05, 0) is 183 Å². The van der Waals surface area contributed by atoms with Gasteiger partial charge < -0.3 is 29.5 Å². The van der Waals surface area contributed by atoms with E-state index in [1.807, 2.05) is 72.8 Å². The predicted octanol–water partition coefficient (Wildman–Crippen LogP) is 7.47. The van der Waals surface area contributed by atoms with Crippen LogP contribution in [-0.4, -0.2) is 152 Å². The third-order valence-corrected chi connectivity index (χ3v) is 17.5. The zero-order chi connectivity index (χ0) is 53.6. The summed E-state index contributed by atoms with van der Waals surface area (Å²) >= 11 is -3.19. The van der Waals surface area contributed by atoms with Crippen LogP contribution in [0.15, 0.2) is 129 Å². The summed E-state index contributed by atoms with van der Waals surface area (Å²) in [6.07, 6.45) is 16.9. The monoisotopic (exact) mass is 1100 g/mol. The van der Waals surface area contributed by atoms with Gasteiger partial charge in [0.2, 0.25) is 0 Å². The van der Waals surface area contributed by atoms with Crippen molar-refractivity contribution in [3.05, 3.63) is 146 Å². The molecule has 3 aromatic carbocycles. The molecule has 12 heterocycles. The Morgan fingerprint density at radius 3 is 0.987 bits per heavy atom. The Hall–Kier alpha value is -5.29. The van der Waals surface area contributed by atoms with Crippen LogP contribution >= 0.6 is 0 Å². The summed E-state index contributed by atoms with van der Waals surface area (Å²) in [5.41, 5.74) is 5.54. The molecule has 6 N–H and O–H groups in total. The van der Waals surface area contributed by atoms with Crippen LogP contribution in [0.4, 0.5) is 0 Å². The van der Waals surface area contributed by atoms with Gasteiger partial charge in [0.1, 0.15) is 17.2 Å². The first-order valence-corrected chi connectivity index (χ1v) is 29.2. The van der Waals surface area contributed by atoms with E-state index in [0.29, 0.717) is 35.5 Å². The van der Waals surface area contributed by atoms with Gasteiger partial charge in [-0.3, -0.25) is 29.7 Å². The number of aliphatic hydroxyl groups excluding tert-OH is 3. The Morgan fingerprint density at radius 1 is 0.487 bits per heavy atom. The summed E-state index contributed by atoms with van der Waals surface area (Å²) in [5, 5.41) is 36.4. The van der Waals surface area contributed by atoms with Gasteiger partial charge >= 0.3 is 28.0 Å². The Bertz CT molecular complexity index is 2660. The zero-order valence-electron chi connectivity index (χ0n) is 44.0. The molecule has 16 heteroatoms. The van der Waals surface area contributed by atoms with E-state index >= 15 is 0 Å². The molecule has 15 atom stereocenters. The molecule has 15 nitrogen and oxygen atoms in total. The van der Waals surface area contributed by atoms with E-state index in [1.54, 1.807) is 39.9 Å². The van der Waals surface area contributed by atoms with Crippen molar-refractivity contribution < 1.29 is 41.8 Å². The molecule has 6 bridgehead atoms. The molecule has 6 aromatic rings. The number of aliphatic hydroxyl groups is 3. The van der Waals surface area contributed by atoms with Crippen molar-refractivity contribution in [2.45, 2.75) is 75.0 Å². The molecule has 0 radical (unpaired) electrons. The molecule has 0 aliphatic carbocycles. The molecule has 0 amide bonds. The summed E-state index contributed by atoms with van der Waals surface area (Å²) < 4.78 is 38.0. The first kappa shape index (κ1) is 55.5. The van der Waals surface area contributed by atoms with Crippen molar-refractivity contribution in [2.75, 3.05) is 60.6 Å². The zero-order valence-corrected chi connectivity index (χ0v) is 45.8. The molecule has 0 saturated carbocycles. The number of hydrogen-bond acceptors (Lipinski definition) is 15. The minimum atomic E-state index is -3.19. The molecule has 9 saturated heterocycles. The Balaban J connectivity index is 0.000000134. The molecule has 15 rings (SSSR count). The Labute approximate surface area is 452 Å². The fourth-order valence-electron chi connectivity index (χ4n) is 13.3. The first-order chi connectivity index (χ1) is 36.9. The number of benzene rings is 3. The van der Waals surface area contributed by atoms with Gasteiger partial charge in [0.25, 0.3) is 0 Å². The van der Waals surface area contributed by atoms with Crippen molar-refractivity contribution >= 4 is 48.4 Å². The number of pyridine rings is 3. The fourth-order valence-corrected chi connectivity index (χ4v) is 13.3. The van der Waals surface area contributed by atoms with E-state index < -0.39 is 34.0 Å². The minimum absolute atomic E-state index is 0.178. The number of rotatable bonds is 12. The van der Waals surface area contributed by atoms with E-state index in [2.05, 4.69) is 67.6 Å². The summed E-state index contributed by atoms with van der Waals surface area (Å²) in [7, 11) is 4.98. The molecule has 3 aromatic heterocycles. The first-order valence-electron chi connectivity index (χ1n) is 26.6. The van der Waals surface area contributed by atoms with E-state index in [4.69, 9.17) is 26.5 Å². The number of piperidine rings is 9. The standard InChI is InChI=1S/3C20H24N2O2.AsH3O3/c3*1-3-13-12-22-9-7-14(13)10-19(22)20(23)16-6-8-21-18-5-4-15(24-2)11-17(16)18;2-1(3)4/h3*3-6,8,11,13-14,19-20,23H,1,7,9-10,12H2,2H3;2-4H/t3*13-,14-,19-,20+;/m000./s1. The number of aromatic nitrogens is 3. The maximum absolute atomic E-state index is 11.2. The summed E-state index contributed by atoms with van der Waals surface area (Å²) in [5.74, 6) is 6.02. The topological polar surface area (TPSA) is 197 Å². The molecule has 3 unspecified atom stereocenters. The second-order valence-corrected chi connectivity index (χ2v) is 22.3. The second kappa shape index (κ2) is 25.0. The van der Waals surface area contributed by atoms with E-state index in [0.717, 1.165) is 125 Å². The molecular weight excluding hydrogens is 1020 g/mol. The molecule has 0 spiro atoms. The van der Waals surface area contributed by atoms with Crippen LogP contribution in [0.25, 0.3) is 32.7 Å². The van der Waals surface area contributed by atoms with Crippen LogP contribution in [0.2, 0.25) is 0 Å². The van der Waals surface area contributed by atoms with Crippen molar-refractivity contribution in [3.8, 4) is 17.2 Å². The number of hydrogen-bond donors (Lipinski definition) is 6. The number of nitrogens with zero attached hydrogens (tertiary/aromatic N) is 6. The van der Waals surface area contributed by atoms with Crippen LogP contribution in [0.1, 0.15) is 73.5 Å². The third kappa shape index (κ3) is 11.9. The van der Waals surface area contributed by atoms with Gasteiger partial charge in [-0.1, -0.05) is 18.2 Å². The van der Waals surface area contributed by atoms with Crippen molar-refractivity contribution in [2.24, 2.45) is 35.5 Å². The van der Waals surface area contributed by atoms with Crippen molar-refractivity contribution in [1.29, 1.82) is 0 Å². The molecule has 9 aliphatic rings. The van der Waals surface area contributed by atoms with Gasteiger partial charge in [0, 0.05) is 72.5 Å². The fraction of sp³-hybridized carbons (Fsp3) is 0.450. The SMILES string of the molecule is C=C[C@H]1CN2CC[C@H]1C[C@H]2[C@H](O)c1ccnc2ccc(OC)cc12.C=C[C@H]1CN2CC[C@H]1C[C@H]2[C@H](O)c1ccnc2ccc(OC)cc12.C=C[C@H]1CN2CC[C@H]1C[C@H]2[C@H](O)c1ccnc2ccc(OC)cc12.O[As](O)O. The predicted molar refractivity (Wildman–Crippen MR) is 297 cm³/mol. The van der Waals surface area contributed by atoms with Crippen LogP contribution in [0.3, 0.4) is 0 Å². The number of methoxy groups -OCH3 is 3. The normalized spacial score (nSPS) is 29.1. The summed E-state index contributed by atoms with van der Waals surface area (Å²) in [6.45, 7) is 18.2. The van der Waals surface area contributed by atoms with Crippen LogP contribution in [0.5, 0.6) is 17.2 Å². The Kier molecular flexibility index (Phi) is 18.3.